The largest absolute Gasteiger partial charge is 0.361 e. The van der Waals surface area contributed by atoms with Gasteiger partial charge in [-0.15, -0.1) is 0 Å². The fourth-order valence-corrected chi connectivity index (χ4v) is 4.01. The number of imide groups is 1. The minimum absolute atomic E-state index is 0.0852. The quantitative estimate of drug-likeness (QED) is 0.701. The Morgan fingerprint density at radius 2 is 2.00 bits per heavy atom. The minimum atomic E-state index is -0.337. The molecule has 1 aliphatic carbocycles. The van der Waals surface area contributed by atoms with Crippen molar-refractivity contribution < 1.29 is 23.7 Å². The van der Waals surface area contributed by atoms with Crippen LogP contribution in [0, 0.1) is 0 Å². The SMILES string of the molecule is CC(C)(C)n1nc([C@H]2CC[C@@H](ON3C(=O)CCC3=O)C2)cc1NC(=O)Cc1ccno1. The summed E-state index contributed by atoms with van der Waals surface area (Å²) < 4.78 is 6.82. The van der Waals surface area contributed by atoms with E-state index in [0.29, 0.717) is 18.0 Å². The summed E-state index contributed by atoms with van der Waals surface area (Å²) >= 11 is 0. The summed E-state index contributed by atoms with van der Waals surface area (Å²) in [7, 11) is 0. The molecule has 2 fully saturated rings. The monoisotopic (exact) mass is 429 g/mol. The normalized spacial score (nSPS) is 21.8. The van der Waals surface area contributed by atoms with Crippen molar-refractivity contribution in [1.29, 1.82) is 0 Å². The molecule has 2 aliphatic rings. The molecule has 0 unspecified atom stereocenters. The van der Waals surface area contributed by atoms with Crippen LogP contribution in [0.4, 0.5) is 5.82 Å². The molecule has 2 aromatic heterocycles. The van der Waals surface area contributed by atoms with Crippen LogP contribution in [0.3, 0.4) is 0 Å². The molecule has 1 aliphatic heterocycles. The number of rotatable bonds is 6. The number of nitrogens with zero attached hydrogens (tertiary/aromatic N) is 4. The first-order chi connectivity index (χ1) is 14.7. The first-order valence-electron chi connectivity index (χ1n) is 10.5. The average molecular weight is 429 g/mol. The van der Waals surface area contributed by atoms with E-state index in [-0.39, 0.29) is 54.5 Å². The molecule has 3 heterocycles. The number of hydroxylamine groups is 2. The fraction of sp³-hybridized carbons (Fsp3) is 0.571. The van der Waals surface area contributed by atoms with E-state index < -0.39 is 0 Å². The highest BCUT2D eigenvalue weighted by molar-refractivity contribution is 6.00. The Morgan fingerprint density at radius 1 is 1.26 bits per heavy atom. The highest BCUT2D eigenvalue weighted by atomic mass is 16.7. The van der Waals surface area contributed by atoms with E-state index in [1.807, 2.05) is 31.5 Å². The van der Waals surface area contributed by atoms with Gasteiger partial charge in [-0.3, -0.25) is 19.2 Å². The van der Waals surface area contributed by atoms with Gasteiger partial charge in [0.2, 0.25) is 5.91 Å². The Balaban J connectivity index is 1.45. The van der Waals surface area contributed by atoms with Crippen molar-refractivity contribution in [2.24, 2.45) is 0 Å². The lowest BCUT2D eigenvalue weighted by Crippen LogP contribution is -2.33. The first-order valence-corrected chi connectivity index (χ1v) is 10.5. The van der Waals surface area contributed by atoms with E-state index in [1.165, 1.54) is 6.20 Å². The minimum Gasteiger partial charge on any atom is -0.361 e. The Bertz CT molecular complexity index is 959. The third-order valence-corrected chi connectivity index (χ3v) is 5.52. The molecule has 1 saturated heterocycles. The number of carbonyl (C=O) groups excluding carboxylic acids is 3. The molecule has 1 N–H and O–H groups in total. The molecule has 31 heavy (non-hydrogen) atoms. The highest BCUT2D eigenvalue weighted by Crippen LogP contribution is 2.38. The van der Waals surface area contributed by atoms with Crippen molar-refractivity contribution in [2.45, 2.75) is 76.9 Å². The van der Waals surface area contributed by atoms with Crippen molar-refractivity contribution >= 4 is 23.5 Å². The van der Waals surface area contributed by atoms with Crippen LogP contribution >= 0.6 is 0 Å². The molecule has 0 bridgehead atoms. The van der Waals surface area contributed by atoms with Crippen molar-refractivity contribution in [1.82, 2.24) is 20.0 Å². The molecular formula is C21H27N5O5. The van der Waals surface area contributed by atoms with Crippen LogP contribution in [0.1, 0.15) is 70.2 Å². The summed E-state index contributed by atoms with van der Waals surface area (Å²) in [5, 5.41) is 12.2. The molecule has 10 nitrogen and oxygen atoms in total. The smallest absolute Gasteiger partial charge is 0.254 e. The molecule has 3 amide bonds. The zero-order chi connectivity index (χ0) is 22.2. The van der Waals surface area contributed by atoms with E-state index in [2.05, 4.69) is 10.5 Å². The standard InChI is InChI=1S/C21H27N5O5/c1-21(2,3)26-17(23-18(27)11-14-8-9-22-30-14)12-16(24-26)13-4-5-15(10-13)31-25-19(28)6-7-20(25)29/h8-9,12-13,15H,4-7,10-11H2,1-3H3,(H,23,27)/t13-,15+/m0/s1. The van der Waals surface area contributed by atoms with E-state index in [9.17, 15) is 14.4 Å². The van der Waals surface area contributed by atoms with E-state index in [4.69, 9.17) is 14.5 Å². The Hall–Kier alpha value is -3.01. The number of hydrogen-bond acceptors (Lipinski definition) is 7. The third kappa shape index (κ3) is 4.68. The Kier molecular flexibility index (Phi) is 5.65. The molecule has 4 rings (SSSR count). The van der Waals surface area contributed by atoms with Gasteiger partial charge in [0.15, 0.2) is 0 Å². The predicted molar refractivity (Wildman–Crippen MR) is 109 cm³/mol. The molecular weight excluding hydrogens is 402 g/mol. The van der Waals surface area contributed by atoms with Crippen molar-refractivity contribution in [3.8, 4) is 0 Å². The second kappa shape index (κ2) is 8.26. The van der Waals surface area contributed by atoms with Crippen LogP contribution in [-0.2, 0) is 31.2 Å². The second-order valence-electron chi connectivity index (χ2n) is 9.06. The first kappa shape index (κ1) is 21.2. The van der Waals surface area contributed by atoms with Crippen LogP contribution in [-0.4, -0.2) is 43.8 Å². The summed E-state index contributed by atoms with van der Waals surface area (Å²) in [6.07, 6.45) is 4.02. The Labute approximate surface area is 179 Å². The molecule has 0 spiro atoms. The lowest BCUT2D eigenvalue weighted by Gasteiger charge is -2.22. The highest BCUT2D eigenvalue weighted by Gasteiger charge is 2.37. The van der Waals surface area contributed by atoms with Crippen LogP contribution < -0.4 is 5.32 Å². The van der Waals surface area contributed by atoms with Gasteiger partial charge in [0.25, 0.3) is 11.8 Å². The van der Waals surface area contributed by atoms with E-state index in [0.717, 1.165) is 23.6 Å². The summed E-state index contributed by atoms with van der Waals surface area (Å²) in [6.45, 7) is 6.04. The van der Waals surface area contributed by atoms with E-state index >= 15 is 0 Å². The molecule has 166 valence electrons. The maximum absolute atomic E-state index is 12.5. The number of nitrogens with one attached hydrogen (secondary N) is 1. The summed E-state index contributed by atoms with van der Waals surface area (Å²) in [5.41, 5.74) is 0.519. The number of hydrogen-bond donors (Lipinski definition) is 1. The van der Waals surface area contributed by atoms with Crippen LogP contribution in [0.15, 0.2) is 22.9 Å². The maximum Gasteiger partial charge on any atom is 0.254 e. The molecule has 0 aromatic carbocycles. The molecule has 10 heteroatoms. The summed E-state index contributed by atoms with van der Waals surface area (Å²) in [4.78, 5) is 41.8. The van der Waals surface area contributed by atoms with Gasteiger partial charge >= 0.3 is 0 Å². The van der Waals surface area contributed by atoms with Crippen molar-refractivity contribution in [2.75, 3.05) is 5.32 Å². The summed E-state index contributed by atoms with van der Waals surface area (Å²) in [6, 6.07) is 3.54. The van der Waals surface area contributed by atoms with Crippen molar-refractivity contribution in [3.05, 3.63) is 29.8 Å². The average Bonchev–Trinajstić information content (AvgIpc) is 3.46. The van der Waals surface area contributed by atoms with Crippen LogP contribution in [0.25, 0.3) is 0 Å². The topological polar surface area (TPSA) is 120 Å². The predicted octanol–water partition coefficient (Wildman–Crippen LogP) is 2.52. The van der Waals surface area contributed by atoms with Crippen LogP contribution in [0.5, 0.6) is 0 Å². The van der Waals surface area contributed by atoms with Gasteiger partial charge in [-0.25, -0.2) is 4.68 Å². The molecule has 0 radical (unpaired) electrons. The van der Waals surface area contributed by atoms with E-state index in [1.54, 1.807) is 6.07 Å². The maximum atomic E-state index is 12.5. The van der Waals surface area contributed by atoms with Crippen molar-refractivity contribution in [3.63, 3.8) is 0 Å². The number of aromatic nitrogens is 3. The summed E-state index contributed by atoms with van der Waals surface area (Å²) in [5.74, 6) is 0.450. The number of carbonyl (C=O) groups is 3. The zero-order valence-electron chi connectivity index (χ0n) is 18.0. The van der Waals surface area contributed by atoms with Gasteiger partial charge in [-0.1, -0.05) is 5.16 Å². The van der Waals surface area contributed by atoms with Gasteiger partial charge < -0.3 is 9.84 Å². The van der Waals surface area contributed by atoms with Gasteiger partial charge in [0.05, 0.1) is 30.0 Å². The molecule has 2 atom stereocenters. The molecule has 1 saturated carbocycles. The van der Waals surface area contributed by atoms with Gasteiger partial charge in [0.1, 0.15) is 11.6 Å². The number of amides is 3. The Morgan fingerprint density at radius 3 is 2.65 bits per heavy atom. The number of anilines is 1. The van der Waals surface area contributed by atoms with Gasteiger partial charge in [-0.2, -0.15) is 10.2 Å². The third-order valence-electron chi connectivity index (χ3n) is 5.52. The van der Waals surface area contributed by atoms with Gasteiger partial charge in [-0.05, 0) is 40.0 Å². The second-order valence-corrected chi connectivity index (χ2v) is 9.06. The van der Waals surface area contributed by atoms with Crippen LogP contribution in [0.2, 0.25) is 0 Å². The fourth-order valence-electron chi connectivity index (χ4n) is 4.01. The zero-order valence-corrected chi connectivity index (χ0v) is 18.0. The lowest BCUT2D eigenvalue weighted by atomic mass is 10.0. The molecule has 2 aromatic rings. The lowest BCUT2D eigenvalue weighted by molar-refractivity contribution is -0.201. The van der Waals surface area contributed by atoms with Gasteiger partial charge in [0, 0.05) is 30.9 Å².